The van der Waals surface area contributed by atoms with E-state index in [2.05, 4.69) is 6.92 Å². The number of carbonyl (C=O) groups is 1. The minimum Gasteiger partial charge on any atom is -0.454 e. The highest BCUT2D eigenvalue weighted by Gasteiger charge is 2.27. The number of hydrogen-bond acceptors (Lipinski definition) is 2. The van der Waals surface area contributed by atoms with Gasteiger partial charge in [-0.2, -0.15) is 0 Å². The van der Waals surface area contributed by atoms with Crippen LogP contribution in [0.2, 0.25) is 0 Å². The van der Waals surface area contributed by atoms with Crippen LogP contribution >= 0.6 is 0 Å². The van der Waals surface area contributed by atoms with Gasteiger partial charge in [-0.05, 0) is 30.7 Å². The molecule has 114 valence electrons. The summed E-state index contributed by atoms with van der Waals surface area (Å²) in [6.07, 6.45) is 4.55. The Morgan fingerprint density at radius 1 is 0.909 bits per heavy atom. The highest BCUT2D eigenvalue weighted by atomic mass is 16.5. The van der Waals surface area contributed by atoms with Crippen LogP contribution in [0, 0.1) is 0 Å². The van der Waals surface area contributed by atoms with Gasteiger partial charge in [-0.3, -0.25) is 4.79 Å². The molecule has 1 amide bonds. The minimum atomic E-state index is 0.0250. The zero-order chi connectivity index (χ0) is 15.4. The SMILES string of the molecule is CCCCCCN1C(=O)c2ccccc2Oc2ccccc21. The molecule has 1 aliphatic heterocycles. The molecule has 0 spiro atoms. The van der Waals surface area contributed by atoms with Crippen LogP contribution in [0.4, 0.5) is 5.69 Å². The van der Waals surface area contributed by atoms with Crippen molar-refractivity contribution in [3.05, 3.63) is 54.1 Å². The lowest BCUT2D eigenvalue weighted by molar-refractivity contribution is 0.0986. The number of rotatable bonds is 5. The van der Waals surface area contributed by atoms with Crippen LogP contribution in [0.5, 0.6) is 11.5 Å². The van der Waals surface area contributed by atoms with Gasteiger partial charge in [0.25, 0.3) is 5.91 Å². The summed E-state index contributed by atoms with van der Waals surface area (Å²) in [4.78, 5) is 14.8. The third-order valence-electron chi connectivity index (χ3n) is 3.97. The molecule has 0 N–H and O–H groups in total. The lowest BCUT2D eigenvalue weighted by Gasteiger charge is -2.22. The summed E-state index contributed by atoms with van der Waals surface area (Å²) in [5, 5.41) is 0. The highest BCUT2D eigenvalue weighted by molar-refractivity contribution is 6.09. The maximum Gasteiger partial charge on any atom is 0.262 e. The molecule has 1 aliphatic rings. The first-order chi connectivity index (χ1) is 10.8. The lowest BCUT2D eigenvalue weighted by atomic mass is 10.1. The topological polar surface area (TPSA) is 29.5 Å². The molecule has 0 aliphatic carbocycles. The number of benzene rings is 2. The average molecular weight is 295 g/mol. The predicted molar refractivity (Wildman–Crippen MR) is 88.8 cm³/mol. The molecular formula is C19H21NO2. The second kappa shape index (κ2) is 6.65. The summed E-state index contributed by atoms with van der Waals surface area (Å²) in [6, 6.07) is 15.2. The van der Waals surface area contributed by atoms with Crippen LogP contribution in [0.1, 0.15) is 43.0 Å². The third-order valence-corrected chi connectivity index (χ3v) is 3.97. The standard InChI is InChI=1S/C19H21NO2/c1-2-3-4-9-14-20-16-11-6-8-13-18(16)22-17-12-7-5-10-15(17)19(20)21/h5-8,10-13H,2-4,9,14H2,1H3. The predicted octanol–water partition coefficient (Wildman–Crippen LogP) is 5.02. The Morgan fingerprint density at radius 3 is 2.45 bits per heavy atom. The van der Waals surface area contributed by atoms with E-state index in [0.717, 1.165) is 30.8 Å². The van der Waals surface area contributed by atoms with Gasteiger partial charge in [0.15, 0.2) is 5.75 Å². The van der Waals surface area contributed by atoms with Gasteiger partial charge in [0, 0.05) is 6.54 Å². The molecule has 0 aromatic heterocycles. The summed E-state index contributed by atoms with van der Waals surface area (Å²) in [5.74, 6) is 1.41. The van der Waals surface area contributed by atoms with Crippen molar-refractivity contribution in [3.63, 3.8) is 0 Å². The summed E-state index contributed by atoms with van der Waals surface area (Å²) < 4.78 is 5.97. The number of nitrogens with zero attached hydrogens (tertiary/aromatic N) is 1. The van der Waals surface area contributed by atoms with Crippen molar-refractivity contribution in [1.29, 1.82) is 0 Å². The van der Waals surface area contributed by atoms with Gasteiger partial charge in [0.1, 0.15) is 5.75 Å². The first-order valence-electron chi connectivity index (χ1n) is 7.99. The molecule has 3 nitrogen and oxygen atoms in total. The number of fused-ring (bicyclic) bond motifs is 2. The summed E-state index contributed by atoms with van der Waals surface area (Å²) >= 11 is 0. The molecular weight excluding hydrogens is 274 g/mol. The van der Waals surface area contributed by atoms with E-state index in [-0.39, 0.29) is 5.91 Å². The molecule has 0 bridgehead atoms. The van der Waals surface area contributed by atoms with Crippen LogP contribution in [-0.2, 0) is 0 Å². The summed E-state index contributed by atoms with van der Waals surface area (Å²) in [7, 11) is 0. The fourth-order valence-electron chi connectivity index (χ4n) is 2.79. The van der Waals surface area contributed by atoms with Crippen LogP contribution < -0.4 is 9.64 Å². The zero-order valence-corrected chi connectivity index (χ0v) is 12.9. The highest BCUT2D eigenvalue weighted by Crippen LogP contribution is 2.38. The average Bonchev–Trinajstić information content (AvgIpc) is 2.67. The maximum atomic E-state index is 12.9. The van der Waals surface area contributed by atoms with Crippen molar-refractivity contribution < 1.29 is 9.53 Å². The van der Waals surface area contributed by atoms with Crippen molar-refractivity contribution in [2.75, 3.05) is 11.4 Å². The number of ether oxygens (including phenoxy) is 1. The van der Waals surface area contributed by atoms with Gasteiger partial charge in [-0.1, -0.05) is 50.5 Å². The summed E-state index contributed by atoms with van der Waals surface area (Å²) in [5.41, 5.74) is 1.49. The van der Waals surface area contributed by atoms with Crippen molar-refractivity contribution in [2.45, 2.75) is 32.6 Å². The molecule has 3 heteroatoms. The quantitative estimate of drug-likeness (QED) is 0.725. The Balaban J connectivity index is 1.94. The molecule has 1 heterocycles. The second-order valence-electron chi connectivity index (χ2n) is 5.58. The number of para-hydroxylation sites is 3. The number of anilines is 1. The van der Waals surface area contributed by atoms with Crippen LogP contribution in [0.25, 0.3) is 0 Å². The molecule has 0 atom stereocenters. The van der Waals surface area contributed by atoms with Crippen molar-refractivity contribution >= 4 is 11.6 Å². The number of unbranched alkanes of at least 4 members (excludes halogenated alkanes) is 3. The Morgan fingerprint density at radius 2 is 1.64 bits per heavy atom. The molecule has 0 radical (unpaired) electrons. The number of amides is 1. The van der Waals surface area contributed by atoms with E-state index in [9.17, 15) is 4.79 Å². The van der Waals surface area contributed by atoms with Gasteiger partial charge in [0.05, 0.1) is 11.3 Å². The van der Waals surface area contributed by atoms with Crippen molar-refractivity contribution in [3.8, 4) is 11.5 Å². The van der Waals surface area contributed by atoms with E-state index < -0.39 is 0 Å². The van der Waals surface area contributed by atoms with E-state index in [1.807, 2.05) is 53.4 Å². The minimum absolute atomic E-state index is 0.0250. The first kappa shape index (κ1) is 14.6. The number of hydrogen-bond donors (Lipinski definition) is 0. The van der Waals surface area contributed by atoms with Gasteiger partial charge < -0.3 is 9.64 Å². The van der Waals surface area contributed by atoms with E-state index in [1.165, 1.54) is 12.8 Å². The molecule has 3 rings (SSSR count). The Hall–Kier alpha value is -2.29. The fourth-order valence-corrected chi connectivity index (χ4v) is 2.79. The normalized spacial score (nSPS) is 13.1. The Bertz CT molecular complexity index is 666. The van der Waals surface area contributed by atoms with Gasteiger partial charge in [0.2, 0.25) is 0 Å². The number of carbonyl (C=O) groups excluding carboxylic acids is 1. The summed E-state index contributed by atoms with van der Waals surface area (Å²) in [6.45, 7) is 2.92. The largest absolute Gasteiger partial charge is 0.454 e. The molecule has 0 unspecified atom stereocenters. The molecule has 2 aromatic carbocycles. The van der Waals surface area contributed by atoms with Gasteiger partial charge in [-0.25, -0.2) is 0 Å². The van der Waals surface area contributed by atoms with E-state index >= 15 is 0 Å². The molecule has 0 saturated heterocycles. The third kappa shape index (κ3) is 2.84. The molecule has 0 saturated carbocycles. The van der Waals surface area contributed by atoms with Crippen molar-refractivity contribution in [1.82, 2.24) is 0 Å². The van der Waals surface area contributed by atoms with Crippen LogP contribution in [0.15, 0.2) is 48.5 Å². The second-order valence-corrected chi connectivity index (χ2v) is 5.58. The smallest absolute Gasteiger partial charge is 0.262 e. The van der Waals surface area contributed by atoms with Crippen molar-refractivity contribution in [2.24, 2.45) is 0 Å². The van der Waals surface area contributed by atoms with Crippen LogP contribution in [0.3, 0.4) is 0 Å². The zero-order valence-electron chi connectivity index (χ0n) is 12.9. The van der Waals surface area contributed by atoms with E-state index in [0.29, 0.717) is 11.3 Å². The first-order valence-corrected chi connectivity index (χ1v) is 7.99. The van der Waals surface area contributed by atoms with E-state index in [1.54, 1.807) is 0 Å². The monoisotopic (exact) mass is 295 g/mol. The fraction of sp³-hybridized carbons (Fsp3) is 0.316. The Kier molecular flexibility index (Phi) is 4.42. The van der Waals surface area contributed by atoms with Crippen LogP contribution in [-0.4, -0.2) is 12.5 Å². The molecule has 2 aromatic rings. The lowest BCUT2D eigenvalue weighted by Crippen LogP contribution is -2.31. The van der Waals surface area contributed by atoms with Gasteiger partial charge in [-0.15, -0.1) is 0 Å². The van der Waals surface area contributed by atoms with Gasteiger partial charge >= 0.3 is 0 Å². The maximum absolute atomic E-state index is 12.9. The molecule has 0 fully saturated rings. The Labute approximate surface area is 131 Å². The van der Waals surface area contributed by atoms with E-state index in [4.69, 9.17) is 4.74 Å². The molecule has 22 heavy (non-hydrogen) atoms.